The van der Waals surface area contributed by atoms with Crippen LogP contribution in [0.4, 0.5) is 18.9 Å². The summed E-state index contributed by atoms with van der Waals surface area (Å²) in [5.74, 6) is 0. The molecule has 1 unspecified atom stereocenters. The lowest BCUT2D eigenvalue weighted by Gasteiger charge is -2.25. The van der Waals surface area contributed by atoms with Crippen molar-refractivity contribution in [2.75, 3.05) is 31.2 Å². The fourth-order valence-corrected chi connectivity index (χ4v) is 2.46. The van der Waals surface area contributed by atoms with E-state index < -0.39 is 12.8 Å². The Morgan fingerprint density at radius 3 is 2.80 bits per heavy atom. The highest BCUT2D eigenvalue weighted by Gasteiger charge is 2.27. The first-order valence-corrected chi connectivity index (χ1v) is 6.71. The van der Waals surface area contributed by atoms with E-state index in [4.69, 9.17) is 5.73 Å². The van der Waals surface area contributed by atoms with Crippen LogP contribution in [0.3, 0.4) is 0 Å². The Bertz CT molecular complexity index is 437. The van der Waals surface area contributed by atoms with Gasteiger partial charge in [-0.15, -0.1) is 0 Å². The Balaban J connectivity index is 1.96. The third kappa shape index (κ3) is 4.11. The number of rotatable bonds is 4. The van der Waals surface area contributed by atoms with Crippen molar-refractivity contribution in [2.24, 2.45) is 5.73 Å². The van der Waals surface area contributed by atoms with Gasteiger partial charge < -0.3 is 15.4 Å². The molecule has 0 amide bonds. The van der Waals surface area contributed by atoms with Gasteiger partial charge in [0, 0.05) is 24.8 Å². The molecule has 1 heterocycles. The minimum Gasteiger partial charge on any atom is -0.370 e. The number of nitrogens with zero attached hydrogens (tertiary/aromatic N) is 1. The smallest absolute Gasteiger partial charge is 0.370 e. The number of alkyl halides is 3. The topological polar surface area (TPSA) is 38.5 Å². The molecule has 6 heteroatoms. The molecular weight excluding hydrogens is 269 g/mol. The molecule has 1 aromatic carbocycles. The van der Waals surface area contributed by atoms with Gasteiger partial charge in [0.1, 0.15) is 6.61 Å². The summed E-state index contributed by atoms with van der Waals surface area (Å²) in [4.78, 5) is 2.05. The summed E-state index contributed by atoms with van der Waals surface area (Å²) in [6, 6.07) is 7.79. The van der Waals surface area contributed by atoms with Crippen molar-refractivity contribution in [1.29, 1.82) is 0 Å². The minimum absolute atomic E-state index is 0.00714. The first kappa shape index (κ1) is 15.1. The Morgan fingerprint density at radius 2 is 2.05 bits per heavy atom. The molecule has 1 aromatic rings. The molecule has 0 spiro atoms. The van der Waals surface area contributed by atoms with E-state index in [2.05, 4.69) is 9.64 Å². The van der Waals surface area contributed by atoms with E-state index in [1.54, 1.807) is 0 Å². The van der Waals surface area contributed by atoms with Crippen LogP contribution in [-0.4, -0.2) is 32.5 Å². The van der Waals surface area contributed by atoms with Gasteiger partial charge in [-0.3, -0.25) is 0 Å². The number of benzene rings is 1. The van der Waals surface area contributed by atoms with Gasteiger partial charge in [0.25, 0.3) is 0 Å². The first-order valence-electron chi connectivity index (χ1n) is 6.71. The summed E-state index contributed by atoms with van der Waals surface area (Å²) < 4.78 is 40.7. The van der Waals surface area contributed by atoms with E-state index in [0.717, 1.165) is 30.6 Å². The quantitative estimate of drug-likeness (QED) is 0.866. The standard InChI is InChI=1S/C14H19F3N2O/c15-14(16,17)10-20-9-8-19-7-3-5-12(18)11-4-1-2-6-13(11)19/h1-2,4,6,12H,3,5,7-10,18H2. The fraction of sp³-hybridized carbons (Fsp3) is 0.571. The summed E-state index contributed by atoms with van der Waals surface area (Å²) in [6.45, 7) is 0.102. The highest BCUT2D eigenvalue weighted by Crippen LogP contribution is 2.31. The Hall–Kier alpha value is -1.27. The molecule has 20 heavy (non-hydrogen) atoms. The molecule has 2 rings (SSSR count). The van der Waals surface area contributed by atoms with E-state index in [1.165, 1.54) is 0 Å². The number of fused-ring (bicyclic) bond motifs is 1. The van der Waals surface area contributed by atoms with E-state index in [0.29, 0.717) is 6.54 Å². The lowest BCUT2D eigenvalue weighted by molar-refractivity contribution is -0.173. The number of anilines is 1. The predicted molar refractivity (Wildman–Crippen MR) is 71.7 cm³/mol. The normalized spacial score (nSPS) is 19.6. The van der Waals surface area contributed by atoms with Crippen molar-refractivity contribution in [3.8, 4) is 0 Å². The maximum Gasteiger partial charge on any atom is 0.411 e. The maximum absolute atomic E-state index is 12.0. The molecule has 1 atom stereocenters. The molecule has 0 saturated carbocycles. The second-order valence-corrected chi connectivity index (χ2v) is 4.96. The molecule has 2 N–H and O–H groups in total. The molecular formula is C14H19F3N2O. The zero-order chi connectivity index (χ0) is 14.6. The summed E-state index contributed by atoms with van der Waals surface area (Å²) in [5, 5.41) is 0. The van der Waals surface area contributed by atoms with Gasteiger partial charge in [-0.2, -0.15) is 13.2 Å². The number of nitrogens with two attached hydrogens (primary N) is 1. The predicted octanol–water partition coefficient (Wildman–Crippen LogP) is 2.87. The number of hydrogen-bond donors (Lipinski definition) is 1. The van der Waals surface area contributed by atoms with Crippen LogP contribution in [0.15, 0.2) is 24.3 Å². The van der Waals surface area contributed by atoms with Crippen molar-refractivity contribution in [2.45, 2.75) is 25.1 Å². The van der Waals surface area contributed by atoms with Crippen LogP contribution in [-0.2, 0) is 4.74 Å². The zero-order valence-corrected chi connectivity index (χ0v) is 11.2. The molecule has 1 aliphatic rings. The van der Waals surface area contributed by atoms with Gasteiger partial charge in [-0.1, -0.05) is 18.2 Å². The van der Waals surface area contributed by atoms with E-state index in [9.17, 15) is 13.2 Å². The van der Waals surface area contributed by atoms with Crippen LogP contribution in [0.1, 0.15) is 24.4 Å². The Kier molecular flexibility index (Phi) is 4.88. The van der Waals surface area contributed by atoms with Crippen molar-refractivity contribution in [3.63, 3.8) is 0 Å². The monoisotopic (exact) mass is 288 g/mol. The second kappa shape index (κ2) is 6.45. The molecule has 1 aliphatic heterocycles. The zero-order valence-electron chi connectivity index (χ0n) is 11.2. The van der Waals surface area contributed by atoms with Crippen LogP contribution >= 0.6 is 0 Å². The van der Waals surface area contributed by atoms with Crippen LogP contribution in [0.2, 0.25) is 0 Å². The molecule has 0 saturated heterocycles. The summed E-state index contributed by atoms with van der Waals surface area (Å²) >= 11 is 0. The Morgan fingerprint density at radius 1 is 1.30 bits per heavy atom. The number of para-hydroxylation sites is 1. The van der Waals surface area contributed by atoms with Gasteiger partial charge in [-0.05, 0) is 24.5 Å². The van der Waals surface area contributed by atoms with Crippen molar-refractivity contribution in [3.05, 3.63) is 29.8 Å². The first-order chi connectivity index (χ1) is 9.47. The molecule has 0 aliphatic carbocycles. The minimum atomic E-state index is -4.26. The number of ether oxygens (including phenoxy) is 1. The summed E-state index contributed by atoms with van der Waals surface area (Å²) in [5.41, 5.74) is 8.18. The molecule has 0 radical (unpaired) electrons. The molecule has 0 aromatic heterocycles. The van der Waals surface area contributed by atoms with Crippen LogP contribution in [0.25, 0.3) is 0 Å². The highest BCUT2D eigenvalue weighted by atomic mass is 19.4. The second-order valence-electron chi connectivity index (χ2n) is 4.96. The lowest BCUT2D eigenvalue weighted by Crippen LogP contribution is -2.29. The number of hydrogen-bond acceptors (Lipinski definition) is 3. The van der Waals surface area contributed by atoms with Crippen molar-refractivity contribution >= 4 is 5.69 Å². The van der Waals surface area contributed by atoms with Gasteiger partial charge in [0.15, 0.2) is 0 Å². The van der Waals surface area contributed by atoms with Gasteiger partial charge in [0.2, 0.25) is 0 Å². The maximum atomic E-state index is 12.0. The van der Waals surface area contributed by atoms with Gasteiger partial charge >= 0.3 is 6.18 Å². The van der Waals surface area contributed by atoms with Gasteiger partial charge in [0.05, 0.1) is 6.61 Å². The molecule has 112 valence electrons. The number of halogens is 3. The average Bonchev–Trinajstić information content (AvgIpc) is 2.54. The third-order valence-electron chi connectivity index (χ3n) is 3.39. The van der Waals surface area contributed by atoms with Gasteiger partial charge in [-0.25, -0.2) is 0 Å². The van der Waals surface area contributed by atoms with Crippen molar-refractivity contribution < 1.29 is 17.9 Å². The van der Waals surface area contributed by atoms with E-state index >= 15 is 0 Å². The van der Waals surface area contributed by atoms with Crippen LogP contribution in [0.5, 0.6) is 0 Å². The average molecular weight is 288 g/mol. The summed E-state index contributed by atoms with van der Waals surface area (Å²) in [7, 11) is 0. The third-order valence-corrected chi connectivity index (χ3v) is 3.39. The van der Waals surface area contributed by atoms with Crippen LogP contribution in [0, 0.1) is 0 Å². The van der Waals surface area contributed by atoms with Crippen molar-refractivity contribution in [1.82, 2.24) is 0 Å². The fourth-order valence-electron chi connectivity index (χ4n) is 2.46. The Labute approximate surface area is 116 Å². The lowest BCUT2D eigenvalue weighted by atomic mass is 10.0. The molecule has 0 bridgehead atoms. The van der Waals surface area contributed by atoms with E-state index in [-0.39, 0.29) is 12.6 Å². The SMILES string of the molecule is NC1CCCN(CCOCC(F)(F)F)c2ccccc21. The largest absolute Gasteiger partial charge is 0.411 e. The van der Waals surface area contributed by atoms with Crippen LogP contribution < -0.4 is 10.6 Å². The van der Waals surface area contributed by atoms with E-state index in [1.807, 2.05) is 24.3 Å². The molecule has 3 nitrogen and oxygen atoms in total. The molecule has 0 fully saturated rings. The summed E-state index contributed by atoms with van der Waals surface area (Å²) in [6.07, 6.45) is -2.45. The highest BCUT2D eigenvalue weighted by molar-refractivity contribution is 5.55.